The fourth-order valence-corrected chi connectivity index (χ4v) is 5.76. The highest BCUT2D eigenvalue weighted by Gasteiger charge is 2.20. The van der Waals surface area contributed by atoms with Gasteiger partial charge in [-0.1, -0.05) is 108 Å². The van der Waals surface area contributed by atoms with Gasteiger partial charge >= 0.3 is 0 Å². The maximum atomic E-state index is 5.20. The Morgan fingerprint density at radius 2 is 1.25 bits per heavy atom. The first kappa shape index (κ1) is 24.5. The molecular formula is C34H35NS. The smallest absolute Gasteiger partial charge is 0.124 e. The van der Waals surface area contributed by atoms with Gasteiger partial charge in [-0.05, 0) is 69.3 Å². The number of nitrogens with zero attached hydrogens (tertiary/aromatic N) is 1. The molecule has 0 radical (unpaired) electrons. The Morgan fingerprint density at radius 1 is 0.583 bits per heavy atom. The summed E-state index contributed by atoms with van der Waals surface area (Å²) in [5, 5.41) is 1.09. The van der Waals surface area contributed by atoms with Crippen molar-refractivity contribution in [3.8, 4) is 32.8 Å². The van der Waals surface area contributed by atoms with Crippen LogP contribution in [0.3, 0.4) is 0 Å². The van der Waals surface area contributed by atoms with Crippen LogP contribution in [-0.4, -0.2) is 4.98 Å². The zero-order valence-electron chi connectivity index (χ0n) is 22.4. The minimum atomic E-state index is 0.0517. The van der Waals surface area contributed by atoms with Gasteiger partial charge in [0.15, 0.2) is 0 Å². The molecule has 0 unspecified atom stereocenters. The van der Waals surface area contributed by atoms with Crippen molar-refractivity contribution in [3.05, 3.63) is 102 Å². The Hall–Kier alpha value is -3.23. The van der Waals surface area contributed by atoms with Crippen LogP contribution in [0.4, 0.5) is 0 Å². The molecule has 4 aromatic carbocycles. The van der Waals surface area contributed by atoms with Crippen LogP contribution in [0.15, 0.2) is 84.9 Å². The lowest BCUT2D eigenvalue weighted by atomic mass is 9.84. The molecule has 0 fully saturated rings. The molecule has 0 aliphatic heterocycles. The monoisotopic (exact) mass is 489 g/mol. The standard InChI is InChI=1S/C34H35NS/c1-22-11-8-9-14-28(22)32-35-31-29(20-27(34(5,6)7)21-30(31)36-32)25-13-10-12-24(19-25)23-15-17-26(18-16-23)33(2,3)4/h8-21H,1-7H3. The summed E-state index contributed by atoms with van der Waals surface area (Å²) in [6, 6.07) is 31.2. The molecule has 0 bridgehead atoms. The molecule has 182 valence electrons. The van der Waals surface area contributed by atoms with Crippen LogP contribution >= 0.6 is 11.3 Å². The highest BCUT2D eigenvalue weighted by molar-refractivity contribution is 7.21. The quantitative estimate of drug-likeness (QED) is 0.246. The summed E-state index contributed by atoms with van der Waals surface area (Å²) in [5.74, 6) is 0. The maximum Gasteiger partial charge on any atom is 0.124 e. The van der Waals surface area contributed by atoms with Crippen molar-refractivity contribution >= 4 is 21.6 Å². The molecule has 1 heterocycles. The van der Waals surface area contributed by atoms with Gasteiger partial charge in [0, 0.05) is 11.1 Å². The van der Waals surface area contributed by atoms with E-state index in [4.69, 9.17) is 4.98 Å². The highest BCUT2D eigenvalue weighted by atomic mass is 32.1. The largest absolute Gasteiger partial charge is 0.235 e. The molecule has 0 aliphatic carbocycles. The molecule has 0 atom stereocenters. The van der Waals surface area contributed by atoms with E-state index in [9.17, 15) is 0 Å². The minimum Gasteiger partial charge on any atom is -0.235 e. The molecule has 0 amide bonds. The van der Waals surface area contributed by atoms with E-state index >= 15 is 0 Å². The van der Waals surface area contributed by atoms with Gasteiger partial charge < -0.3 is 0 Å². The summed E-state index contributed by atoms with van der Waals surface area (Å²) in [7, 11) is 0. The van der Waals surface area contributed by atoms with Gasteiger partial charge in [-0.25, -0.2) is 4.98 Å². The Balaban J connectivity index is 1.66. The minimum absolute atomic E-state index is 0.0517. The highest BCUT2D eigenvalue weighted by Crippen LogP contribution is 2.41. The number of thiazole rings is 1. The Labute approximate surface area is 219 Å². The Morgan fingerprint density at radius 3 is 1.92 bits per heavy atom. The fourth-order valence-electron chi connectivity index (χ4n) is 4.64. The number of aromatic nitrogens is 1. The number of hydrogen-bond acceptors (Lipinski definition) is 2. The molecule has 2 heteroatoms. The van der Waals surface area contributed by atoms with Crippen molar-refractivity contribution in [1.29, 1.82) is 0 Å². The predicted molar refractivity (Wildman–Crippen MR) is 158 cm³/mol. The first-order valence-corrected chi connectivity index (χ1v) is 13.5. The molecule has 5 aromatic rings. The van der Waals surface area contributed by atoms with Crippen LogP contribution in [0.25, 0.3) is 43.0 Å². The lowest BCUT2D eigenvalue weighted by molar-refractivity contribution is 0.590. The SMILES string of the molecule is Cc1ccccc1-c1nc2c(-c3cccc(-c4ccc(C(C)(C)C)cc4)c3)cc(C(C)(C)C)cc2s1. The van der Waals surface area contributed by atoms with Crippen molar-refractivity contribution in [1.82, 2.24) is 4.98 Å². The van der Waals surface area contributed by atoms with E-state index in [0.29, 0.717) is 0 Å². The topological polar surface area (TPSA) is 12.9 Å². The first-order chi connectivity index (χ1) is 17.0. The van der Waals surface area contributed by atoms with Crippen LogP contribution in [0.2, 0.25) is 0 Å². The number of rotatable bonds is 3. The van der Waals surface area contributed by atoms with E-state index in [1.807, 2.05) is 0 Å². The summed E-state index contributed by atoms with van der Waals surface area (Å²) in [6.45, 7) is 15.8. The van der Waals surface area contributed by atoms with Gasteiger partial charge in [-0.3, -0.25) is 0 Å². The lowest BCUT2D eigenvalue weighted by Gasteiger charge is -2.20. The van der Waals surface area contributed by atoms with E-state index in [2.05, 4.69) is 133 Å². The van der Waals surface area contributed by atoms with Gasteiger partial charge in [0.2, 0.25) is 0 Å². The van der Waals surface area contributed by atoms with E-state index in [1.165, 1.54) is 49.2 Å². The van der Waals surface area contributed by atoms with Crippen molar-refractivity contribution in [2.45, 2.75) is 59.3 Å². The first-order valence-electron chi connectivity index (χ1n) is 12.7. The molecular weight excluding hydrogens is 454 g/mol. The average Bonchev–Trinajstić information content (AvgIpc) is 3.27. The van der Waals surface area contributed by atoms with E-state index < -0.39 is 0 Å². The van der Waals surface area contributed by atoms with Gasteiger partial charge in [0.25, 0.3) is 0 Å². The van der Waals surface area contributed by atoms with Crippen molar-refractivity contribution in [2.75, 3.05) is 0 Å². The third-order valence-electron chi connectivity index (χ3n) is 6.99. The van der Waals surface area contributed by atoms with Crippen LogP contribution in [-0.2, 0) is 10.8 Å². The van der Waals surface area contributed by atoms with E-state index in [-0.39, 0.29) is 10.8 Å². The molecule has 0 saturated carbocycles. The molecule has 0 N–H and O–H groups in total. The van der Waals surface area contributed by atoms with Crippen molar-refractivity contribution < 1.29 is 0 Å². The van der Waals surface area contributed by atoms with Crippen LogP contribution < -0.4 is 0 Å². The molecule has 5 rings (SSSR count). The zero-order valence-corrected chi connectivity index (χ0v) is 23.3. The Kier molecular flexibility index (Phi) is 6.12. The van der Waals surface area contributed by atoms with Crippen LogP contribution in [0, 0.1) is 6.92 Å². The third kappa shape index (κ3) is 4.75. The van der Waals surface area contributed by atoms with Gasteiger partial charge in [-0.2, -0.15) is 0 Å². The van der Waals surface area contributed by atoms with E-state index in [0.717, 1.165) is 10.5 Å². The number of benzene rings is 4. The van der Waals surface area contributed by atoms with Crippen LogP contribution in [0.1, 0.15) is 58.2 Å². The van der Waals surface area contributed by atoms with Gasteiger partial charge in [0.1, 0.15) is 5.01 Å². The molecule has 0 spiro atoms. The summed E-state index contributed by atoms with van der Waals surface area (Å²) in [4.78, 5) is 5.20. The van der Waals surface area contributed by atoms with E-state index in [1.54, 1.807) is 11.3 Å². The fraction of sp³-hybridized carbons (Fsp3) is 0.265. The normalized spacial score (nSPS) is 12.3. The molecule has 1 aromatic heterocycles. The number of aryl methyl sites for hydroxylation is 1. The Bertz CT molecular complexity index is 1540. The maximum absolute atomic E-state index is 5.20. The summed E-state index contributed by atoms with van der Waals surface area (Å²) >= 11 is 1.80. The second-order valence-corrected chi connectivity index (χ2v) is 12.9. The molecule has 36 heavy (non-hydrogen) atoms. The molecule has 0 saturated heterocycles. The molecule has 1 nitrogen and oxygen atoms in total. The average molecular weight is 490 g/mol. The van der Waals surface area contributed by atoms with Crippen LogP contribution in [0.5, 0.6) is 0 Å². The third-order valence-corrected chi connectivity index (χ3v) is 8.03. The second kappa shape index (κ2) is 9.01. The molecule has 0 aliphatic rings. The predicted octanol–water partition coefficient (Wildman–Crippen LogP) is 10.2. The summed E-state index contributed by atoms with van der Waals surface area (Å²) in [6.07, 6.45) is 0. The number of hydrogen-bond donors (Lipinski definition) is 0. The second-order valence-electron chi connectivity index (χ2n) is 11.9. The lowest BCUT2D eigenvalue weighted by Crippen LogP contribution is -2.11. The zero-order chi connectivity index (χ0) is 25.7. The van der Waals surface area contributed by atoms with Gasteiger partial charge in [0.05, 0.1) is 10.2 Å². The number of fused-ring (bicyclic) bond motifs is 1. The summed E-state index contributed by atoms with van der Waals surface area (Å²) < 4.78 is 1.25. The van der Waals surface area contributed by atoms with Crippen molar-refractivity contribution in [2.24, 2.45) is 0 Å². The van der Waals surface area contributed by atoms with Crippen molar-refractivity contribution in [3.63, 3.8) is 0 Å². The summed E-state index contributed by atoms with van der Waals surface area (Å²) in [5.41, 5.74) is 11.4. The van der Waals surface area contributed by atoms with Gasteiger partial charge in [-0.15, -0.1) is 11.3 Å².